The molecule has 0 fully saturated rings. The van der Waals surface area contributed by atoms with Crippen molar-refractivity contribution in [2.24, 2.45) is 0 Å². The Kier molecular flexibility index (Phi) is 3.58. The molecule has 1 rings (SSSR count). The summed E-state index contributed by atoms with van der Waals surface area (Å²) in [4.78, 5) is 15.0. The second-order valence-corrected chi connectivity index (χ2v) is 2.38. The molecule has 0 saturated heterocycles. The van der Waals surface area contributed by atoms with Crippen molar-refractivity contribution < 1.29 is 4.79 Å². The summed E-state index contributed by atoms with van der Waals surface area (Å²) in [5.41, 5.74) is 0. The van der Waals surface area contributed by atoms with Gasteiger partial charge in [-0.15, -0.1) is 11.8 Å². The zero-order valence-corrected chi connectivity index (χ0v) is 7.45. The number of imidazole rings is 1. The largest absolute Gasteiger partial charge is 0.336 e. The maximum absolute atomic E-state index is 11.2. The van der Waals surface area contributed by atoms with Crippen LogP contribution in [0.2, 0.25) is 0 Å². The number of nitrogens with zero attached hydrogens (tertiary/aromatic N) is 2. The molecule has 0 radical (unpaired) electrons. The SMILES string of the molecule is CC#CCCNC(=O)n1ccnc1. The molecular formula is C9H11N3O. The van der Waals surface area contributed by atoms with Crippen LogP contribution in [-0.2, 0) is 0 Å². The Morgan fingerprint density at radius 2 is 2.54 bits per heavy atom. The highest BCUT2D eigenvalue weighted by Gasteiger charge is 1.99. The highest BCUT2D eigenvalue weighted by Crippen LogP contribution is 1.84. The molecule has 68 valence electrons. The lowest BCUT2D eigenvalue weighted by molar-refractivity contribution is 0.242. The van der Waals surface area contributed by atoms with Crippen molar-refractivity contribution in [1.82, 2.24) is 14.9 Å². The van der Waals surface area contributed by atoms with Gasteiger partial charge in [-0.05, 0) is 6.92 Å². The van der Waals surface area contributed by atoms with Crippen LogP contribution in [0.4, 0.5) is 4.79 Å². The smallest absolute Gasteiger partial charge is 0.326 e. The predicted octanol–water partition coefficient (Wildman–Crippen LogP) is 0.854. The fourth-order valence-electron chi connectivity index (χ4n) is 0.827. The number of nitrogens with one attached hydrogen (secondary N) is 1. The summed E-state index contributed by atoms with van der Waals surface area (Å²) in [5.74, 6) is 5.62. The van der Waals surface area contributed by atoms with Gasteiger partial charge in [0.2, 0.25) is 0 Å². The Balaban J connectivity index is 2.29. The highest BCUT2D eigenvalue weighted by molar-refractivity contribution is 5.76. The van der Waals surface area contributed by atoms with Crippen LogP contribution in [0.15, 0.2) is 18.7 Å². The molecule has 0 bridgehead atoms. The van der Waals surface area contributed by atoms with Gasteiger partial charge in [0.15, 0.2) is 0 Å². The zero-order chi connectivity index (χ0) is 9.52. The first-order chi connectivity index (χ1) is 6.34. The minimum atomic E-state index is -0.171. The van der Waals surface area contributed by atoms with Gasteiger partial charge in [0.25, 0.3) is 0 Å². The summed E-state index contributed by atoms with van der Waals surface area (Å²) in [6, 6.07) is -0.171. The van der Waals surface area contributed by atoms with Crippen molar-refractivity contribution >= 4 is 6.03 Å². The summed E-state index contributed by atoms with van der Waals surface area (Å²) >= 11 is 0. The lowest BCUT2D eigenvalue weighted by Crippen LogP contribution is -2.28. The number of hydrogen-bond donors (Lipinski definition) is 1. The van der Waals surface area contributed by atoms with Gasteiger partial charge in [-0.2, -0.15) is 0 Å². The molecule has 0 spiro atoms. The number of aromatic nitrogens is 2. The maximum atomic E-state index is 11.2. The van der Waals surface area contributed by atoms with Crippen molar-refractivity contribution in [3.8, 4) is 11.8 Å². The van der Waals surface area contributed by atoms with Crippen LogP contribution in [0.25, 0.3) is 0 Å². The van der Waals surface area contributed by atoms with Crippen molar-refractivity contribution in [3.63, 3.8) is 0 Å². The Hall–Kier alpha value is -1.76. The quantitative estimate of drug-likeness (QED) is 0.538. The van der Waals surface area contributed by atoms with Crippen LogP contribution in [0.3, 0.4) is 0 Å². The summed E-state index contributed by atoms with van der Waals surface area (Å²) in [5, 5.41) is 2.70. The molecular weight excluding hydrogens is 166 g/mol. The molecule has 0 aliphatic heterocycles. The van der Waals surface area contributed by atoms with E-state index in [1.807, 2.05) is 0 Å². The molecule has 0 aliphatic rings. The molecule has 13 heavy (non-hydrogen) atoms. The molecule has 1 aromatic heterocycles. The third-order valence-corrected chi connectivity index (χ3v) is 1.44. The molecule has 4 heteroatoms. The average Bonchev–Trinajstić information content (AvgIpc) is 2.65. The van der Waals surface area contributed by atoms with Gasteiger partial charge < -0.3 is 5.32 Å². The number of hydrogen-bond acceptors (Lipinski definition) is 2. The normalized spacial score (nSPS) is 8.69. The molecule has 4 nitrogen and oxygen atoms in total. The summed E-state index contributed by atoms with van der Waals surface area (Å²) in [7, 11) is 0. The Labute approximate surface area is 77.0 Å². The van der Waals surface area contributed by atoms with Crippen molar-refractivity contribution in [2.45, 2.75) is 13.3 Å². The second-order valence-electron chi connectivity index (χ2n) is 2.38. The van der Waals surface area contributed by atoms with Gasteiger partial charge in [0.1, 0.15) is 6.33 Å². The van der Waals surface area contributed by atoms with E-state index in [0.29, 0.717) is 13.0 Å². The third-order valence-electron chi connectivity index (χ3n) is 1.44. The van der Waals surface area contributed by atoms with Crippen LogP contribution < -0.4 is 5.32 Å². The van der Waals surface area contributed by atoms with E-state index in [0.717, 1.165) is 0 Å². The van der Waals surface area contributed by atoms with Gasteiger partial charge in [-0.3, -0.25) is 4.57 Å². The van der Waals surface area contributed by atoms with Crippen molar-refractivity contribution in [3.05, 3.63) is 18.7 Å². The lowest BCUT2D eigenvalue weighted by atomic mass is 10.4. The number of amides is 1. The van der Waals surface area contributed by atoms with Crippen molar-refractivity contribution in [1.29, 1.82) is 0 Å². The predicted molar refractivity (Wildman–Crippen MR) is 49.1 cm³/mol. The van der Waals surface area contributed by atoms with Crippen LogP contribution >= 0.6 is 0 Å². The lowest BCUT2D eigenvalue weighted by Gasteiger charge is -2.01. The standard InChI is InChI=1S/C9H11N3O/c1-2-3-4-5-11-9(13)12-7-6-10-8-12/h6-8H,4-5H2,1H3,(H,11,13). The second kappa shape index (κ2) is 4.99. The van der Waals surface area contributed by atoms with Gasteiger partial charge in [-0.25, -0.2) is 9.78 Å². The molecule has 1 amide bonds. The maximum Gasteiger partial charge on any atom is 0.326 e. The Bertz CT molecular complexity index is 318. The van der Waals surface area contributed by atoms with E-state index in [-0.39, 0.29) is 6.03 Å². The Morgan fingerprint density at radius 3 is 3.15 bits per heavy atom. The van der Waals surface area contributed by atoms with E-state index in [4.69, 9.17) is 0 Å². The topological polar surface area (TPSA) is 46.9 Å². The van der Waals surface area contributed by atoms with Gasteiger partial charge in [0, 0.05) is 25.4 Å². The average molecular weight is 177 g/mol. The first-order valence-electron chi connectivity index (χ1n) is 4.00. The first kappa shape index (κ1) is 9.33. The number of carbonyl (C=O) groups excluding carboxylic acids is 1. The zero-order valence-electron chi connectivity index (χ0n) is 7.45. The van der Waals surface area contributed by atoms with E-state index >= 15 is 0 Å². The van der Waals surface area contributed by atoms with Crippen LogP contribution in [0.1, 0.15) is 13.3 Å². The minimum absolute atomic E-state index is 0.171. The molecule has 1 aromatic rings. The molecule has 0 aromatic carbocycles. The van der Waals surface area contributed by atoms with Crippen molar-refractivity contribution in [2.75, 3.05) is 6.54 Å². The molecule has 1 N–H and O–H groups in total. The highest BCUT2D eigenvalue weighted by atomic mass is 16.2. The van der Waals surface area contributed by atoms with Crippen LogP contribution in [0, 0.1) is 11.8 Å². The molecule has 0 unspecified atom stereocenters. The fraction of sp³-hybridized carbons (Fsp3) is 0.333. The number of rotatable bonds is 2. The van der Waals surface area contributed by atoms with E-state index in [9.17, 15) is 4.79 Å². The Morgan fingerprint density at radius 1 is 1.69 bits per heavy atom. The molecule has 0 atom stereocenters. The van der Waals surface area contributed by atoms with Crippen LogP contribution in [-0.4, -0.2) is 22.1 Å². The third kappa shape index (κ3) is 2.99. The number of carbonyl (C=O) groups is 1. The van der Waals surface area contributed by atoms with Gasteiger partial charge in [0.05, 0.1) is 0 Å². The van der Waals surface area contributed by atoms with Gasteiger partial charge in [-0.1, -0.05) is 0 Å². The van der Waals surface area contributed by atoms with E-state index in [2.05, 4.69) is 22.1 Å². The van der Waals surface area contributed by atoms with E-state index in [1.54, 1.807) is 19.3 Å². The molecule has 0 aliphatic carbocycles. The summed E-state index contributed by atoms with van der Waals surface area (Å²) in [6.07, 6.45) is 5.30. The van der Waals surface area contributed by atoms with Gasteiger partial charge >= 0.3 is 6.03 Å². The monoisotopic (exact) mass is 177 g/mol. The minimum Gasteiger partial charge on any atom is -0.336 e. The molecule has 0 saturated carbocycles. The first-order valence-corrected chi connectivity index (χ1v) is 4.00. The molecule has 1 heterocycles. The summed E-state index contributed by atoms with van der Waals surface area (Å²) in [6.45, 7) is 2.34. The van der Waals surface area contributed by atoms with E-state index < -0.39 is 0 Å². The van der Waals surface area contributed by atoms with Crippen LogP contribution in [0.5, 0.6) is 0 Å². The summed E-state index contributed by atoms with van der Waals surface area (Å²) < 4.78 is 1.39. The fourth-order valence-corrected chi connectivity index (χ4v) is 0.827. The van der Waals surface area contributed by atoms with E-state index in [1.165, 1.54) is 10.9 Å².